The van der Waals surface area contributed by atoms with Crippen molar-refractivity contribution in [1.29, 1.82) is 0 Å². The fourth-order valence-corrected chi connectivity index (χ4v) is 10.1. The van der Waals surface area contributed by atoms with Crippen molar-refractivity contribution in [2.24, 2.45) is 0 Å². The molecule has 0 atom stereocenters. The van der Waals surface area contributed by atoms with Gasteiger partial charge in [-0.3, -0.25) is 0 Å². The summed E-state index contributed by atoms with van der Waals surface area (Å²) in [6.07, 6.45) is 0. The Hall–Kier alpha value is -0.480. The van der Waals surface area contributed by atoms with Gasteiger partial charge in [0, 0.05) is 0 Å². The first-order valence-corrected chi connectivity index (χ1v) is 31.2. The average Bonchev–Trinajstić information content (AvgIpc) is 3.98. The van der Waals surface area contributed by atoms with Gasteiger partial charge in [0.05, 0.1) is 10.8 Å². The second-order valence-electron chi connectivity index (χ2n) is 14.9. The summed E-state index contributed by atoms with van der Waals surface area (Å²) in [5.74, 6) is 0. The summed E-state index contributed by atoms with van der Waals surface area (Å²) < 4.78 is 1.08. The van der Waals surface area contributed by atoms with E-state index in [1.807, 2.05) is 0 Å². The van der Waals surface area contributed by atoms with Crippen LogP contribution in [0.2, 0.25) is 0 Å². The molecule has 0 aromatic heterocycles. The van der Waals surface area contributed by atoms with Crippen LogP contribution in [-0.4, -0.2) is 10.6 Å². The van der Waals surface area contributed by atoms with E-state index in [1.165, 1.54) is 89.0 Å². The summed E-state index contributed by atoms with van der Waals surface area (Å²) in [4.78, 5) is 0. The first-order valence-electron chi connectivity index (χ1n) is 20.2. The van der Waals surface area contributed by atoms with E-state index in [2.05, 4.69) is 385 Å². The standard InChI is InChI=1S/2C25H16.4CHBr3/c2*1-5-13-21-17(9-1)18-10-2-6-14-22(18)25(21)23-15-7-3-11-19(23)20-12-4-8-16-24(20)25;4*2-1(3)4/h2*1-16H;4*1H. The minimum atomic E-state index is -0.180. The van der Waals surface area contributed by atoms with Gasteiger partial charge in [0.1, 0.15) is 10.6 Å². The van der Waals surface area contributed by atoms with Crippen LogP contribution in [0.1, 0.15) is 44.5 Å². The Morgan fingerprint density at radius 1 is 0.182 bits per heavy atom. The van der Waals surface area contributed by atoms with E-state index in [0.29, 0.717) is 0 Å². The van der Waals surface area contributed by atoms with Crippen molar-refractivity contribution in [3.8, 4) is 44.5 Å². The molecule has 336 valence electrons. The first kappa shape index (κ1) is 53.3. The molecule has 0 aliphatic heterocycles. The molecule has 12 rings (SSSR count). The van der Waals surface area contributed by atoms with Crippen LogP contribution in [0.15, 0.2) is 194 Å². The van der Waals surface area contributed by atoms with Gasteiger partial charge < -0.3 is 0 Å². The molecule has 0 N–H and O–H groups in total. The molecule has 8 aromatic rings. The molecule has 0 fully saturated rings. The van der Waals surface area contributed by atoms with Gasteiger partial charge in [-0.1, -0.05) is 385 Å². The number of alkyl halides is 12. The molecule has 0 heterocycles. The maximum absolute atomic E-state index is 3.10. The quantitative estimate of drug-likeness (QED) is 0.133. The number of fused-ring (bicyclic) bond motifs is 20. The van der Waals surface area contributed by atoms with Crippen LogP contribution in [0, 0.1) is 0 Å². The molecular weight excluding hydrogens is 1610 g/mol. The lowest BCUT2D eigenvalue weighted by Crippen LogP contribution is -2.25. The lowest BCUT2D eigenvalue weighted by Gasteiger charge is -2.30. The Bertz CT molecular complexity index is 2330. The zero-order chi connectivity index (χ0) is 47.2. The molecule has 8 aromatic carbocycles. The van der Waals surface area contributed by atoms with Crippen molar-refractivity contribution >= 4 is 191 Å². The summed E-state index contributed by atoms with van der Waals surface area (Å²) in [6.45, 7) is 0. The summed E-state index contributed by atoms with van der Waals surface area (Å²) >= 11 is 37.2. The second-order valence-corrected chi connectivity index (χ2v) is 40.6. The van der Waals surface area contributed by atoms with Gasteiger partial charge in [-0.15, -0.1) is 0 Å². The van der Waals surface area contributed by atoms with Crippen molar-refractivity contribution in [3.05, 3.63) is 239 Å². The van der Waals surface area contributed by atoms with Crippen molar-refractivity contribution in [1.82, 2.24) is 0 Å². The predicted octanol–water partition coefficient (Wildman–Crippen LogP) is 21.9. The molecule has 0 bridgehead atoms. The highest BCUT2D eigenvalue weighted by Crippen LogP contribution is 2.64. The van der Waals surface area contributed by atoms with Gasteiger partial charge >= 0.3 is 0 Å². The maximum Gasteiger partial charge on any atom is 0.124 e. The van der Waals surface area contributed by atoms with Gasteiger partial charge in [-0.25, -0.2) is 0 Å². The van der Waals surface area contributed by atoms with Crippen LogP contribution < -0.4 is 0 Å². The van der Waals surface area contributed by atoms with Gasteiger partial charge in [0.2, 0.25) is 0 Å². The highest BCUT2D eigenvalue weighted by atomic mass is 80.0. The lowest BCUT2D eigenvalue weighted by molar-refractivity contribution is 0.794. The Kier molecular flexibility index (Phi) is 19.6. The first-order chi connectivity index (χ1) is 31.8. The third-order valence-corrected chi connectivity index (χ3v) is 11.8. The Morgan fingerprint density at radius 2 is 0.273 bits per heavy atom. The summed E-state index contributed by atoms with van der Waals surface area (Å²) in [5, 5.41) is 0. The van der Waals surface area contributed by atoms with E-state index in [9.17, 15) is 0 Å². The number of hydrogen-bond donors (Lipinski definition) is 0. The SMILES string of the molecule is BrC(Br)Br.BrC(Br)Br.BrC(Br)Br.BrC(Br)Br.c1ccc2c(c1)-c1ccccc1C21c2ccccc2-c2ccccc21.c1ccc2c(c1)-c1ccccc1C21c2ccccc2-c2ccccc21. The van der Waals surface area contributed by atoms with E-state index in [-0.39, 0.29) is 21.4 Å². The van der Waals surface area contributed by atoms with Crippen LogP contribution in [0.4, 0.5) is 0 Å². The summed E-state index contributed by atoms with van der Waals surface area (Å²) in [5.41, 5.74) is 21.8. The molecule has 0 saturated carbocycles. The van der Waals surface area contributed by atoms with E-state index >= 15 is 0 Å². The Morgan fingerprint density at radius 3 is 0.379 bits per heavy atom. The van der Waals surface area contributed by atoms with Crippen molar-refractivity contribution in [2.75, 3.05) is 0 Å². The Labute approximate surface area is 488 Å². The van der Waals surface area contributed by atoms with Crippen LogP contribution in [-0.2, 0) is 10.8 Å². The average molecular weight is 1640 g/mol. The normalized spacial score (nSPS) is 13.3. The van der Waals surface area contributed by atoms with Crippen molar-refractivity contribution in [2.45, 2.75) is 21.4 Å². The van der Waals surface area contributed by atoms with E-state index in [0.717, 1.165) is 0 Å². The van der Waals surface area contributed by atoms with Gasteiger partial charge in [0.15, 0.2) is 0 Å². The Balaban J connectivity index is 0.000000149. The molecule has 0 nitrogen and oxygen atoms in total. The third kappa shape index (κ3) is 10.8. The molecular formula is C54H36Br12. The van der Waals surface area contributed by atoms with Crippen molar-refractivity contribution in [3.63, 3.8) is 0 Å². The van der Waals surface area contributed by atoms with Crippen LogP contribution in [0.25, 0.3) is 44.5 Å². The lowest BCUT2D eigenvalue weighted by atomic mass is 9.70. The minimum absolute atomic E-state index is 0.180. The molecule has 12 heteroatoms. The van der Waals surface area contributed by atoms with E-state index < -0.39 is 0 Å². The summed E-state index contributed by atoms with van der Waals surface area (Å²) in [7, 11) is 0. The monoisotopic (exact) mass is 1630 g/mol. The highest BCUT2D eigenvalue weighted by Gasteiger charge is 2.52. The molecule has 0 saturated heterocycles. The van der Waals surface area contributed by atoms with Crippen LogP contribution in [0.5, 0.6) is 0 Å². The van der Waals surface area contributed by atoms with E-state index in [4.69, 9.17) is 0 Å². The molecule has 4 aliphatic carbocycles. The minimum Gasteiger partial charge on any atom is -0.0637 e. The number of benzene rings is 8. The van der Waals surface area contributed by atoms with Crippen LogP contribution in [0.3, 0.4) is 0 Å². The van der Waals surface area contributed by atoms with E-state index in [1.54, 1.807) is 0 Å². The molecule has 4 aliphatic rings. The van der Waals surface area contributed by atoms with Crippen molar-refractivity contribution < 1.29 is 0 Å². The fourth-order valence-electron chi connectivity index (χ4n) is 10.1. The van der Waals surface area contributed by atoms with Crippen LogP contribution >= 0.6 is 191 Å². The van der Waals surface area contributed by atoms with Gasteiger partial charge in [0.25, 0.3) is 0 Å². The molecule has 66 heavy (non-hydrogen) atoms. The maximum atomic E-state index is 3.10. The fraction of sp³-hybridized carbons (Fsp3) is 0.111. The number of rotatable bonds is 0. The topological polar surface area (TPSA) is 0 Å². The smallest absolute Gasteiger partial charge is 0.0637 e. The van der Waals surface area contributed by atoms with Gasteiger partial charge in [-0.05, 0) is 89.0 Å². The number of hydrogen-bond acceptors (Lipinski definition) is 0. The third-order valence-electron chi connectivity index (χ3n) is 11.8. The predicted molar refractivity (Wildman–Crippen MR) is 328 cm³/mol. The zero-order valence-corrected chi connectivity index (χ0v) is 53.4. The largest absolute Gasteiger partial charge is 0.124 e. The summed E-state index contributed by atoms with van der Waals surface area (Å²) in [6, 6.07) is 71.3. The molecule has 0 amide bonds. The van der Waals surface area contributed by atoms with Gasteiger partial charge in [-0.2, -0.15) is 0 Å². The molecule has 0 radical (unpaired) electrons. The zero-order valence-electron chi connectivity index (χ0n) is 34.3. The second kappa shape index (κ2) is 24.3. The molecule has 2 spiro atoms. The number of halogens is 12. The molecule has 0 unspecified atom stereocenters. The highest BCUT2D eigenvalue weighted by molar-refractivity contribution is 9.39.